The van der Waals surface area contributed by atoms with E-state index in [1.54, 1.807) is 67.0 Å². The zero-order valence-electron chi connectivity index (χ0n) is 24.5. The molecule has 0 saturated heterocycles. The average Bonchev–Trinajstić information content (AvgIpc) is 3.85. The summed E-state index contributed by atoms with van der Waals surface area (Å²) in [4.78, 5) is 43.4. The van der Waals surface area contributed by atoms with Crippen molar-refractivity contribution in [1.82, 2.24) is 9.97 Å². The van der Waals surface area contributed by atoms with Crippen LogP contribution >= 0.6 is 23.2 Å². The number of hydrogen-bond donors (Lipinski definition) is 4. The van der Waals surface area contributed by atoms with E-state index in [-0.39, 0.29) is 30.1 Å². The number of Topliss-reactive ketones (excluding diaryl/α,β-unsaturated/α-hetero) is 1. The highest BCUT2D eigenvalue weighted by Crippen LogP contribution is 2.35. The van der Waals surface area contributed by atoms with Gasteiger partial charge in [0.25, 0.3) is 0 Å². The average molecular weight is 662 g/mol. The van der Waals surface area contributed by atoms with Crippen molar-refractivity contribution in [2.24, 2.45) is 17.4 Å². The van der Waals surface area contributed by atoms with Gasteiger partial charge in [0.2, 0.25) is 11.8 Å². The van der Waals surface area contributed by atoms with Gasteiger partial charge in [-0.25, -0.2) is 0 Å². The van der Waals surface area contributed by atoms with Crippen molar-refractivity contribution in [3.8, 4) is 11.5 Å². The molecule has 1 fully saturated rings. The van der Waals surface area contributed by atoms with Crippen molar-refractivity contribution < 1.29 is 29.3 Å². The highest BCUT2D eigenvalue weighted by Gasteiger charge is 2.24. The Hall–Kier alpha value is -4.61. The summed E-state index contributed by atoms with van der Waals surface area (Å²) in [5.41, 5.74) is 14.0. The first kappa shape index (κ1) is 32.8. The molecule has 5 aromatic rings. The highest BCUT2D eigenvalue weighted by molar-refractivity contribution is 6.35. The van der Waals surface area contributed by atoms with Gasteiger partial charge < -0.3 is 26.4 Å². The molecule has 2 amide bonds. The molecule has 2 aromatic heterocycles. The van der Waals surface area contributed by atoms with Gasteiger partial charge in [-0.2, -0.15) is 0 Å². The van der Waals surface area contributed by atoms with Gasteiger partial charge in [-0.15, -0.1) is 0 Å². The number of carbonyl (C=O) groups is 3. The fourth-order valence-corrected chi connectivity index (χ4v) is 5.46. The number of aliphatic hydroxyl groups excluding tert-OH is 2. The van der Waals surface area contributed by atoms with Gasteiger partial charge in [-0.1, -0.05) is 29.3 Å². The topological polar surface area (TPSA) is 179 Å². The van der Waals surface area contributed by atoms with E-state index in [0.29, 0.717) is 73.2 Å². The number of carbonyl (C=O) groups excluding carboxylic acids is 3. The maximum atomic E-state index is 12.1. The quantitative estimate of drug-likeness (QED) is 0.148. The maximum Gasteiger partial charge on any atom is 0.249 e. The minimum atomic E-state index is -0.640. The molecule has 6 rings (SSSR count). The molecule has 0 bridgehead atoms. The first-order valence-corrected chi connectivity index (χ1v) is 15.1. The molecule has 0 radical (unpaired) electrons. The van der Waals surface area contributed by atoms with Crippen molar-refractivity contribution in [3.05, 3.63) is 105 Å². The molecule has 12 heteroatoms. The van der Waals surface area contributed by atoms with Crippen molar-refractivity contribution in [2.45, 2.75) is 38.9 Å². The summed E-state index contributed by atoms with van der Waals surface area (Å²) in [6.45, 7) is -0.583. The SMILES string of the molecule is NC(=O)c1cc2c(Cl)ccnc2cc1CO.NC(=O)c1cc2c(Oc3ccc(CC(=O)CC4CC4)c(Cl)c3)ccnc2cc1CO. The van der Waals surface area contributed by atoms with Crippen LogP contribution in [0.2, 0.25) is 10.0 Å². The number of amides is 2. The van der Waals surface area contributed by atoms with Crippen LogP contribution in [0.1, 0.15) is 56.7 Å². The number of halogens is 2. The number of ether oxygens (including phenoxy) is 1. The smallest absolute Gasteiger partial charge is 0.249 e. The molecule has 1 saturated carbocycles. The molecule has 6 N–H and O–H groups in total. The van der Waals surface area contributed by atoms with Crippen molar-refractivity contribution in [1.29, 1.82) is 0 Å². The van der Waals surface area contributed by atoms with Crippen molar-refractivity contribution >= 4 is 62.6 Å². The summed E-state index contributed by atoms with van der Waals surface area (Å²) in [5, 5.41) is 20.8. The van der Waals surface area contributed by atoms with E-state index in [9.17, 15) is 19.5 Å². The minimum absolute atomic E-state index is 0.201. The second kappa shape index (κ2) is 14.2. The second-order valence-electron chi connectivity index (χ2n) is 10.9. The van der Waals surface area contributed by atoms with Gasteiger partial charge in [0.15, 0.2) is 0 Å². The number of aliphatic hydroxyl groups is 2. The summed E-state index contributed by atoms with van der Waals surface area (Å²) in [5.74, 6) is 0.491. The fourth-order valence-electron chi connectivity index (χ4n) is 5.01. The Bertz CT molecular complexity index is 1980. The normalized spacial score (nSPS) is 12.4. The van der Waals surface area contributed by atoms with Gasteiger partial charge >= 0.3 is 0 Å². The fraction of sp³-hybridized carbons (Fsp3) is 0.206. The molecule has 0 unspecified atom stereocenters. The van der Waals surface area contributed by atoms with E-state index in [2.05, 4.69) is 9.97 Å². The third-order valence-electron chi connectivity index (χ3n) is 7.56. The lowest BCUT2D eigenvalue weighted by Gasteiger charge is -2.12. The summed E-state index contributed by atoms with van der Waals surface area (Å²) >= 11 is 12.4. The lowest BCUT2D eigenvalue weighted by molar-refractivity contribution is -0.118. The van der Waals surface area contributed by atoms with Crippen molar-refractivity contribution in [3.63, 3.8) is 0 Å². The summed E-state index contributed by atoms with van der Waals surface area (Å²) < 4.78 is 5.99. The molecule has 0 spiro atoms. The van der Waals surface area contributed by atoms with Gasteiger partial charge in [-0.3, -0.25) is 24.4 Å². The van der Waals surface area contributed by atoms with E-state index in [0.717, 1.165) is 18.4 Å². The van der Waals surface area contributed by atoms with Gasteiger partial charge in [0, 0.05) is 52.2 Å². The van der Waals surface area contributed by atoms with Crippen LogP contribution in [0.4, 0.5) is 0 Å². The number of ketones is 1. The van der Waals surface area contributed by atoms with E-state index >= 15 is 0 Å². The Morgan fingerprint density at radius 1 is 0.761 bits per heavy atom. The molecule has 2 heterocycles. The molecule has 1 aliphatic carbocycles. The minimum Gasteiger partial charge on any atom is -0.457 e. The highest BCUT2D eigenvalue weighted by atomic mass is 35.5. The zero-order valence-corrected chi connectivity index (χ0v) is 26.0. The Morgan fingerprint density at radius 2 is 1.35 bits per heavy atom. The molecule has 236 valence electrons. The van der Waals surface area contributed by atoms with E-state index < -0.39 is 11.8 Å². The van der Waals surface area contributed by atoms with E-state index in [4.69, 9.17) is 44.5 Å². The number of nitrogens with zero attached hydrogens (tertiary/aromatic N) is 2. The standard InChI is InChI=1S/C23H21ClN2O4.C11H9ClN2O2/c24-20-10-17(4-3-14(20)8-16(28)7-13-1-2-13)30-22-5-6-26-21-9-15(12-27)18(23(25)29)11-19(21)22;12-9-1-2-14-10-3-6(5-15)7(11(13)16)4-8(9)10/h3-6,9-11,13,27H,1-2,7-8,12H2,(H2,25,29);1-4,15H,5H2,(H2,13,16). The molecule has 0 aliphatic heterocycles. The van der Waals surface area contributed by atoms with Crippen LogP contribution < -0.4 is 16.2 Å². The van der Waals surface area contributed by atoms with Crippen LogP contribution in [-0.4, -0.2) is 37.8 Å². The lowest BCUT2D eigenvalue weighted by atomic mass is 10.0. The van der Waals surface area contributed by atoms with Crippen LogP contribution in [0.25, 0.3) is 21.8 Å². The van der Waals surface area contributed by atoms with Crippen LogP contribution in [0.5, 0.6) is 11.5 Å². The van der Waals surface area contributed by atoms with Crippen LogP contribution in [0.3, 0.4) is 0 Å². The maximum absolute atomic E-state index is 12.1. The summed E-state index contributed by atoms with van der Waals surface area (Å²) in [6, 6.07) is 14.9. The first-order valence-electron chi connectivity index (χ1n) is 14.4. The Labute approximate surface area is 273 Å². The summed E-state index contributed by atoms with van der Waals surface area (Å²) in [7, 11) is 0. The van der Waals surface area contributed by atoms with Gasteiger partial charge in [0.1, 0.15) is 17.3 Å². The predicted octanol–water partition coefficient (Wildman–Crippen LogP) is 5.66. The van der Waals surface area contributed by atoms with Crippen molar-refractivity contribution in [2.75, 3.05) is 0 Å². The van der Waals surface area contributed by atoms with Crippen LogP contribution in [0.15, 0.2) is 67.0 Å². The Morgan fingerprint density at radius 3 is 1.91 bits per heavy atom. The largest absolute Gasteiger partial charge is 0.457 e. The number of rotatable bonds is 10. The molecule has 46 heavy (non-hydrogen) atoms. The number of fused-ring (bicyclic) bond motifs is 2. The van der Waals surface area contributed by atoms with Gasteiger partial charge in [0.05, 0.1) is 29.3 Å². The third kappa shape index (κ3) is 7.60. The number of aromatic nitrogens is 2. The van der Waals surface area contributed by atoms with Gasteiger partial charge in [-0.05, 0) is 84.0 Å². The molecule has 3 aromatic carbocycles. The lowest BCUT2D eigenvalue weighted by Crippen LogP contribution is -2.14. The molecular weight excluding hydrogens is 631 g/mol. The monoisotopic (exact) mass is 660 g/mol. The Kier molecular flexibility index (Phi) is 10.1. The number of benzene rings is 3. The van der Waals surface area contributed by atoms with Crippen LogP contribution in [-0.2, 0) is 24.4 Å². The van der Waals surface area contributed by atoms with Crippen LogP contribution in [0, 0.1) is 5.92 Å². The molecule has 1 aliphatic rings. The third-order valence-corrected chi connectivity index (χ3v) is 8.25. The summed E-state index contributed by atoms with van der Waals surface area (Å²) in [6.07, 6.45) is 6.37. The predicted molar refractivity (Wildman–Crippen MR) is 175 cm³/mol. The number of pyridine rings is 2. The number of hydrogen-bond acceptors (Lipinski definition) is 8. The number of primary amides is 2. The molecule has 10 nitrogen and oxygen atoms in total. The second-order valence-corrected chi connectivity index (χ2v) is 11.7. The number of nitrogens with two attached hydrogens (primary N) is 2. The zero-order chi connectivity index (χ0) is 33.0. The molecular formula is C34H30Cl2N4O6. The Balaban J connectivity index is 0.000000219. The van der Waals surface area contributed by atoms with E-state index in [1.165, 1.54) is 0 Å². The first-order chi connectivity index (χ1) is 22.1. The molecule has 0 atom stereocenters. The van der Waals surface area contributed by atoms with E-state index in [1.807, 2.05) is 0 Å².